The van der Waals surface area contributed by atoms with Crippen molar-refractivity contribution in [2.75, 3.05) is 13.1 Å². The maximum atomic E-state index is 12.2. The second-order valence-electron chi connectivity index (χ2n) is 5.60. The van der Waals surface area contributed by atoms with Crippen LogP contribution in [0.5, 0.6) is 0 Å². The van der Waals surface area contributed by atoms with E-state index >= 15 is 0 Å². The van der Waals surface area contributed by atoms with Crippen molar-refractivity contribution in [2.45, 2.75) is 51.5 Å². The molecule has 0 heterocycles. The number of ketones is 1. The molecule has 110 valence electrons. The Balaban J connectivity index is 1.85. The molecule has 0 amide bonds. The van der Waals surface area contributed by atoms with Crippen LogP contribution in [-0.4, -0.2) is 29.8 Å². The largest absolute Gasteiger partial charge is 0.300 e. The van der Waals surface area contributed by atoms with Gasteiger partial charge in [0.1, 0.15) is 0 Å². The first-order chi connectivity index (χ1) is 9.70. The number of Topliss-reactive ketones (excluding diaryl/α,β-unsaturated/α-hetero) is 1. The van der Waals surface area contributed by atoms with Gasteiger partial charge in [0.2, 0.25) is 0 Å². The van der Waals surface area contributed by atoms with Gasteiger partial charge < -0.3 is 4.90 Å². The van der Waals surface area contributed by atoms with Gasteiger partial charge in [-0.05, 0) is 31.5 Å². The molecule has 1 saturated carbocycles. The fraction of sp³-hybridized carbons (Fsp3) is 0.588. The van der Waals surface area contributed by atoms with E-state index in [4.69, 9.17) is 0 Å². The Morgan fingerprint density at radius 3 is 2.45 bits per heavy atom. The van der Waals surface area contributed by atoms with Gasteiger partial charge in [-0.25, -0.2) is 0 Å². The maximum absolute atomic E-state index is 12.2. The van der Waals surface area contributed by atoms with Crippen molar-refractivity contribution in [1.82, 2.24) is 4.90 Å². The predicted molar refractivity (Wildman–Crippen MR) is 87.2 cm³/mol. The molecule has 1 aliphatic carbocycles. The zero-order chi connectivity index (χ0) is 14.4. The van der Waals surface area contributed by atoms with Crippen LogP contribution in [0, 0.1) is 0 Å². The average molecular weight is 338 g/mol. The normalized spacial score (nSPS) is 16.6. The Kier molecular flexibility index (Phi) is 6.24. The van der Waals surface area contributed by atoms with Gasteiger partial charge in [-0.1, -0.05) is 54.2 Å². The van der Waals surface area contributed by atoms with Crippen LogP contribution in [0.25, 0.3) is 0 Å². The number of carbonyl (C=O) groups excluding carboxylic acids is 1. The van der Waals surface area contributed by atoms with Crippen LogP contribution >= 0.6 is 15.9 Å². The zero-order valence-electron chi connectivity index (χ0n) is 12.3. The third kappa shape index (κ3) is 4.42. The summed E-state index contributed by atoms with van der Waals surface area (Å²) in [6.45, 7) is 4.16. The number of rotatable bonds is 6. The van der Waals surface area contributed by atoms with Crippen LogP contribution in [0.15, 0.2) is 28.7 Å². The highest BCUT2D eigenvalue weighted by molar-refractivity contribution is 9.10. The minimum Gasteiger partial charge on any atom is -0.300 e. The summed E-state index contributed by atoms with van der Waals surface area (Å²) in [5, 5.41) is 0. The molecule has 0 aliphatic heterocycles. The molecule has 0 unspecified atom stereocenters. The zero-order valence-corrected chi connectivity index (χ0v) is 13.9. The maximum Gasteiger partial charge on any atom is 0.164 e. The van der Waals surface area contributed by atoms with E-state index < -0.39 is 0 Å². The van der Waals surface area contributed by atoms with Crippen molar-refractivity contribution in [3.8, 4) is 0 Å². The quantitative estimate of drug-likeness (QED) is 0.702. The summed E-state index contributed by atoms with van der Waals surface area (Å²) >= 11 is 3.40. The van der Waals surface area contributed by atoms with Crippen molar-refractivity contribution in [3.63, 3.8) is 0 Å². The number of nitrogens with zero attached hydrogens (tertiary/aromatic N) is 1. The van der Waals surface area contributed by atoms with Gasteiger partial charge in [-0.3, -0.25) is 4.79 Å². The Morgan fingerprint density at radius 1 is 1.20 bits per heavy atom. The van der Waals surface area contributed by atoms with Crippen LogP contribution in [0.2, 0.25) is 0 Å². The molecule has 1 fully saturated rings. The van der Waals surface area contributed by atoms with E-state index in [0.29, 0.717) is 12.5 Å². The van der Waals surface area contributed by atoms with Crippen LogP contribution in [0.3, 0.4) is 0 Å². The SMILES string of the molecule is CCN(CCC(=O)c1ccc(Br)cc1)C1CCCCC1. The van der Waals surface area contributed by atoms with Gasteiger partial charge in [0.25, 0.3) is 0 Å². The molecule has 0 radical (unpaired) electrons. The summed E-state index contributed by atoms with van der Waals surface area (Å²) in [6.07, 6.45) is 7.32. The highest BCUT2D eigenvalue weighted by atomic mass is 79.9. The summed E-state index contributed by atoms with van der Waals surface area (Å²) in [4.78, 5) is 14.7. The van der Waals surface area contributed by atoms with Gasteiger partial charge in [0, 0.05) is 29.0 Å². The van der Waals surface area contributed by atoms with Crippen molar-refractivity contribution in [3.05, 3.63) is 34.3 Å². The van der Waals surface area contributed by atoms with E-state index in [-0.39, 0.29) is 5.78 Å². The monoisotopic (exact) mass is 337 g/mol. The van der Waals surface area contributed by atoms with Gasteiger partial charge in [0.15, 0.2) is 5.78 Å². The van der Waals surface area contributed by atoms with Crippen LogP contribution in [0.1, 0.15) is 55.8 Å². The first kappa shape index (κ1) is 15.7. The molecule has 0 bridgehead atoms. The Labute approximate surface area is 130 Å². The second-order valence-corrected chi connectivity index (χ2v) is 6.52. The molecular formula is C17H24BrNO. The molecule has 0 atom stereocenters. The number of carbonyl (C=O) groups is 1. The molecule has 0 N–H and O–H groups in total. The Hall–Kier alpha value is -0.670. The lowest BCUT2D eigenvalue weighted by Gasteiger charge is -2.33. The minimum absolute atomic E-state index is 0.256. The van der Waals surface area contributed by atoms with Crippen molar-refractivity contribution in [1.29, 1.82) is 0 Å². The number of hydrogen-bond acceptors (Lipinski definition) is 2. The molecule has 2 rings (SSSR count). The minimum atomic E-state index is 0.256. The molecular weight excluding hydrogens is 314 g/mol. The van der Waals surface area contributed by atoms with Crippen molar-refractivity contribution < 1.29 is 4.79 Å². The van der Waals surface area contributed by atoms with Crippen LogP contribution in [0.4, 0.5) is 0 Å². The van der Waals surface area contributed by atoms with Gasteiger partial charge in [-0.2, -0.15) is 0 Å². The number of halogens is 1. The highest BCUT2D eigenvalue weighted by Crippen LogP contribution is 2.22. The lowest BCUT2D eigenvalue weighted by Crippen LogP contribution is -2.38. The van der Waals surface area contributed by atoms with Gasteiger partial charge >= 0.3 is 0 Å². The Morgan fingerprint density at radius 2 is 1.85 bits per heavy atom. The third-order valence-corrected chi connectivity index (χ3v) is 4.82. The molecule has 0 aromatic heterocycles. The van der Waals surface area contributed by atoms with Crippen LogP contribution in [-0.2, 0) is 0 Å². The summed E-state index contributed by atoms with van der Waals surface area (Å²) < 4.78 is 1.02. The molecule has 1 aliphatic rings. The first-order valence-corrected chi connectivity index (χ1v) is 8.53. The smallest absolute Gasteiger partial charge is 0.164 e. The summed E-state index contributed by atoms with van der Waals surface area (Å²) in [5.41, 5.74) is 0.827. The third-order valence-electron chi connectivity index (χ3n) is 4.29. The number of hydrogen-bond donors (Lipinski definition) is 0. The molecule has 2 nitrogen and oxygen atoms in total. The Bertz CT molecular complexity index is 423. The first-order valence-electron chi connectivity index (χ1n) is 7.73. The topological polar surface area (TPSA) is 20.3 Å². The fourth-order valence-electron chi connectivity index (χ4n) is 3.07. The van der Waals surface area contributed by atoms with Gasteiger partial charge in [-0.15, -0.1) is 0 Å². The molecule has 1 aromatic carbocycles. The van der Waals surface area contributed by atoms with E-state index in [1.165, 1.54) is 32.1 Å². The van der Waals surface area contributed by atoms with Crippen molar-refractivity contribution in [2.24, 2.45) is 0 Å². The molecule has 0 saturated heterocycles. The predicted octanol–water partition coefficient (Wildman–Crippen LogP) is 4.68. The molecule has 20 heavy (non-hydrogen) atoms. The van der Waals surface area contributed by atoms with Crippen LogP contribution < -0.4 is 0 Å². The summed E-state index contributed by atoms with van der Waals surface area (Å²) in [7, 11) is 0. The lowest BCUT2D eigenvalue weighted by atomic mass is 9.94. The van der Waals surface area contributed by atoms with E-state index in [2.05, 4.69) is 27.8 Å². The summed E-state index contributed by atoms with van der Waals surface area (Å²) in [5.74, 6) is 0.256. The van der Waals surface area contributed by atoms with E-state index in [1.54, 1.807) is 0 Å². The number of benzene rings is 1. The highest BCUT2D eigenvalue weighted by Gasteiger charge is 2.20. The molecule has 3 heteroatoms. The average Bonchev–Trinajstić information content (AvgIpc) is 2.49. The van der Waals surface area contributed by atoms with E-state index in [0.717, 1.165) is 23.1 Å². The van der Waals surface area contributed by atoms with E-state index in [9.17, 15) is 4.79 Å². The molecule has 0 spiro atoms. The van der Waals surface area contributed by atoms with Crippen molar-refractivity contribution >= 4 is 21.7 Å². The lowest BCUT2D eigenvalue weighted by molar-refractivity contribution is 0.0939. The molecule has 1 aromatic rings. The fourth-order valence-corrected chi connectivity index (χ4v) is 3.33. The second kappa shape index (κ2) is 7.94. The standard InChI is InChI=1S/C17H24BrNO/c1-2-19(16-6-4-3-5-7-16)13-12-17(20)14-8-10-15(18)11-9-14/h8-11,16H,2-7,12-13H2,1H3. The van der Waals surface area contributed by atoms with E-state index in [1.807, 2.05) is 24.3 Å². The van der Waals surface area contributed by atoms with Gasteiger partial charge in [0.05, 0.1) is 0 Å². The summed E-state index contributed by atoms with van der Waals surface area (Å²) in [6, 6.07) is 8.39.